The molecule has 3 aromatic rings. The summed E-state index contributed by atoms with van der Waals surface area (Å²) < 4.78 is 0. The Balaban J connectivity index is 1.95. The molecule has 0 saturated heterocycles. The Bertz CT molecular complexity index is 737. The summed E-state index contributed by atoms with van der Waals surface area (Å²) >= 11 is 1.73. The molecule has 0 aliphatic heterocycles. The molecule has 0 spiro atoms. The first kappa shape index (κ1) is 13.8. The van der Waals surface area contributed by atoms with Crippen molar-refractivity contribution < 1.29 is 4.79 Å². The number of para-hydroxylation sites is 1. The molecule has 0 aliphatic carbocycles. The molecule has 0 fully saturated rings. The highest BCUT2D eigenvalue weighted by Crippen LogP contribution is 2.34. The molecule has 0 aliphatic rings. The minimum Gasteiger partial charge on any atom is -0.358 e. The van der Waals surface area contributed by atoms with E-state index in [4.69, 9.17) is 0 Å². The van der Waals surface area contributed by atoms with Gasteiger partial charge >= 0.3 is 0 Å². The molecule has 1 amide bonds. The van der Waals surface area contributed by atoms with Gasteiger partial charge in [-0.15, -0.1) is 0 Å². The van der Waals surface area contributed by atoms with Crippen molar-refractivity contribution in [2.24, 2.45) is 0 Å². The molecule has 0 atom stereocenters. The summed E-state index contributed by atoms with van der Waals surface area (Å²) in [6, 6.07) is 18.6. The number of carbonyl (C=O) groups excluding carboxylic acids is 1. The number of carbonyl (C=O) groups is 1. The predicted octanol–water partition coefficient (Wildman–Crippen LogP) is 3.61. The number of amides is 1. The number of aromatic nitrogens is 1. The number of hydrogen-bond donors (Lipinski definition) is 2. The van der Waals surface area contributed by atoms with E-state index in [0.29, 0.717) is 6.54 Å². The van der Waals surface area contributed by atoms with Gasteiger partial charge in [-0.3, -0.25) is 4.79 Å². The van der Waals surface area contributed by atoms with Crippen molar-refractivity contribution in [2.45, 2.75) is 16.3 Å². The first-order chi connectivity index (χ1) is 10.4. The Kier molecular flexibility index (Phi) is 4.26. The van der Waals surface area contributed by atoms with Gasteiger partial charge in [-0.2, -0.15) is 0 Å². The summed E-state index contributed by atoms with van der Waals surface area (Å²) in [5.74, 6) is 0. The lowest BCUT2D eigenvalue weighted by Crippen LogP contribution is -2.14. The highest BCUT2D eigenvalue weighted by Gasteiger charge is 2.12. The van der Waals surface area contributed by atoms with Gasteiger partial charge in [0.15, 0.2) is 0 Å². The molecular weight excluding hydrogens is 280 g/mol. The van der Waals surface area contributed by atoms with Gasteiger partial charge in [-0.05, 0) is 30.2 Å². The minimum atomic E-state index is 0.647. The van der Waals surface area contributed by atoms with Gasteiger partial charge in [0.25, 0.3) is 0 Å². The predicted molar refractivity (Wildman–Crippen MR) is 86.6 cm³/mol. The van der Waals surface area contributed by atoms with Gasteiger partial charge in [0.05, 0.1) is 5.03 Å². The van der Waals surface area contributed by atoms with Crippen LogP contribution < -0.4 is 5.32 Å². The van der Waals surface area contributed by atoms with Crippen LogP contribution in [0, 0.1) is 0 Å². The first-order valence-electron chi connectivity index (χ1n) is 6.88. The number of benzene rings is 2. The molecule has 106 valence electrons. The number of aromatic amines is 1. The van der Waals surface area contributed by atoms with Crippen LogP contribution in [0.2, 0.25) is 0 Å². The lowest BCUT2D eigenvalue weighted by atomic mass is 10.1. The molecule has 3 nitrogen and oxygen atoms in total. The zero-order valence-corrected chi connectivity index (χ0v) is 12.3. The van der Waals surface area contributed by atoms with Crippen molar-refractivity contribution in [1.82, 2.24) is 10.3 Å². The summed E-state index contributed by atoms with van der Waals surface area (Å²) in [5.41, 5.74) is 2.39. The van der Waals surface area contributed by atoms with Crippen LogP contribution in [0.15, 0.2) is 64.5 Å². The highest BCUT2D eigenvalue weighted by atomic mass is 32.2. The molecule has 2 N–H and O–H groups in total. The molecule has 1 heterocycles. The van der Waals surface area contributed by atoms with Gasteiger partial charge in [0.1, 0.15) is 0 Å². The van der Waals surface area contributed by atoms with E-state index in [-0.39, 0.29) is 0 Å². The van der Waals surface area contributed by atoms with Gasteiger partial charge < -0.3 is 10.3 Å². The highest BCUT2D eigenvalue weighted by molar-refractivity contribution is 7.99. The Hall–Kier alpha value is -2.20. The second kappa shape index (κ2) is 6.50. The number of rotatable bonds is 6. The van der Waals surface area contributed by atoms with E-state index in [1.165, 1.54) is 15.8 Å². The Labute approximate surface area is 127 Å². The van der Waals surface area contributed by atoms with Crippen LogP contribution in [-0.4, -0.2) is 17.9 Å². The molecular formula is C17H16N2OS. The van der Waals surface area contributed by atoms with Crippen LogP contribution in [0.3, 0.4) is 0 Å². The molecule has 2 aromatic carbocycles. The maximum absolute atomic E-state index is 10.4. The second-order valence-electron chi connectivity index (χ2n) is 4.72. The topological polar surface area (TPSA) is 44.9 Å². The monoisotopic (exact) mass is 296 g/mol. The van der Waals surface area contributed by atoms with Crippen molar-refractivity contribution in [2.75, 3.05) is 6.54 Å². The normalized spacial score (nSPS) is 10.7. The molecule has 0 unspecified atom stereocenters. The zero-order valence-electron chi connectivity index (χ0n) is 11.5. The summed E-state index contributed by atoms with van der Waals surface area (Å²) in [6.45, 7) is 0.647. The fraction of sp³-hybridized carbons (Fsp3) is 0.118. The van der Waals surface area contributed by atoms with Gasteiger partial charge in [0, 0.05) is 22.3 Å². The lowest BCUT2D eigenvalue weighted by molar-refractivity contribution is -0.109. The van der Waals surface area contributed by atoms with Crippen molar-refractivity contribution in [1.29, 1.82) is 0 Å². The molecule has 1 aromatic heterocycles. The molecule has 4 heteroatoms. The molecule has 0 radical (unpaired) electrons. The second-order valence-corrected chi connectivity index (χ2v) is 5.80. The van der Waals surface area contributed by atoms with Crippen molar-refractivity contribution in [3.8, 4) is 0 Å². The number of fused-ring (bicyclic) bond motifs is 1. The third kappa shape index (κ3) is 3.11. The van der Waals surface area contributed by atoms with Gasteiger partial charge in [0.2, 0.25) is 6.41 Å². The van der Waals surface area contributed by atoms with Crippen LogP contribution in [0.25, 0.3) is 10.9 Å². The maximum atomic E-state index is 10.4. The lowest BCUT2D eigenvalue weighted by Gasteiger charge is -2.04. The van der Waals surface area contributed by atoms with Crippen LogP contribution >= 0.6 is 11.8 Å². The quantitative estimate of drug-likeness (QED) is 0.539. The van der Waals surface area contributed by atoms with E-state index >= 15 is 0 Å². The molecule has 3 rings (SSSR count). The smallest absolute Gasteiger partial charge is 0.207 e. The minimum absolute atomic E-state index is 0.647. The Morgan fingerprint density at radius 2 is 1.81 bits per heavy atom. The van der Waals surface area contributed by atoms with Gasteiger partial charge in [-0.25, -0.2) is 0 Å². The van der Waals surface area contributed by atoms with E-state index in [0.717, 1.165) is 23.4 Å². The third-order valence-corrected chi connectivity index (χ3v) is 4.40. The summed E-state index contributed by atoms with van der Waals surface area (Å²) in [6.07, 6.45) is 1.57. The maximum Gasteiger partial charge on any atom is 0.207 e. The average Bonchev–Trinajstić information content (AvgIpc) is 2.86. The fourth-order valence-electron chi connectivity index (χ4n) is 2.37. The van der Waals surface area contributed by atoms with E-state index < -0.39 is 0 Å². The van der Waals surface area contributed by atoms with Gasteiger partial charge in [-0.1, -0.05) is 48.2 Å². The molecule has 0 bridgehead atoms. The summed E-state index contributed by atoms with van der Waals surface area (Å²) in [4.78, 5) is 15.1. The Morgan fingerprint density at radius 1 is 1.05 bits per heavy atom. The third-order valence-electron chi connectivity index (χ3n) is 3.34. The molecule has 21 heavy (non-hydrogen) atoms. The zero-order chi connectivity index (χ0) is 14.5. The van der Waals surface area contributed by atoms with E-state index in [2.05, 4.69) is 34.6 Å². The van der Waals surface area contributed by atoms with Crippen molar-refractivity contribution in [3.05, 3.63) is 60.2 Å². The largest absolute Gasteiger partial charge is 0.358 e. The van der Waals surface area contributed by atoms with Crippen molar-refractivity contribution in [3.63, 3.8) is 0 Å². The van der Waals surface area contributed by atoms with Crippen molar-refractivity contribution >= 4 is 29.1 Å². The van der Waals surface area contributed by atoms with E-state index in [1.54, 1.807) is 11.8 Å². The average molecular weight is 296 g/mol. The van der Waals surface area contributed by atoms with E-state index in [1.807, 2.05) is 30.3 Å². The van der Waals surface area contributed by atoms with Crippen LogP contribution in [0.4, 0.5) is 0 Å². The summed E-state index contributed by atoms with van der Waals surface area (Å²) in [5, 5.41) is 5.11. The number of hydrogen-bond acceptors (Lipinski definition) is 2. The summed E-state index contributed by atoms with van der Waals surface area (Å²) in [7, 11) is 0. The van der Waals surface area contributed by atoms with E-state index in [9.17, 15) is 4.79 Å². The standard InChI is InChI=1S/C17H16N2OS/c20-12-18-11-10-15-14-8-4-5-9-16(14)19-17(15)21-13-6-2-1-3-7-13/h1-9,12,19H,10-11H2,(H,18,20). The van der Waals surface area contributed by atoms with Crippen LogP contribution in [0.1, 0.15) is 5.56 Å². The van der Waals surface area contributed by atoms with Crippen LogP contribution in [0.5, 0.6) is 0 Å². The number of H-pyrrole nitrogens is 1. The molecule has 0 saturated carbocycles. The SMILES string of the molecule is O=CNCCc1c(Sc2ccccc2)[nH]c2ccccc12. The van der Waals surface area contributed by atoms with Crippen LogP contribution in [-0.2, 0) is 11.2 Å². The number of nitrogens with one attached hydrogen (secondary N) is 2. The first-order valence-corrected chi connectivity index (χ1v) is 7.69. The fourth-order valence-corrected chi connectivity index (χ4v) is 3.40. The Morgan fingerprint density at radius 3 is 2.62 bits per heavy atom.